The summed E-state index contributed by atoms with van der Waals surface area (Å²) < 4.78 is 73.6. The first-order chi connectivity index (χ1) is 13.2. The normalized spacial score (nSPS) is 12.5. The van der Waals surface area contributed by atoms with Crippen LogP contribution >= 0.6 is 0 Å². The van der Waals surface area contributed by atoms with Crippen molar-refractivity contribution in [3.63, 3.8) is 0 Å². The van der Waals surface area contributed by atoms with Gasteiger partial charge in [-0.05, 0) is 23.3 Å². The topological polar surface area (TPSA) is 55.8 Å². The zero-order valence-corrected chi connectivity index (χ0v) is 16.1. The van der Waals surface area contributed by atoms with E-state index >= 15 is 0 Å². The fourth-order valence-corrected chi connectivity index (χ4v) is 3.34. The average molecular weight is 415 g/mol. The molecule has 0 saturated heterocycles. The van der Waals surface area contributed by atoms with Crippen LogP contribution in [0.15, 0.2) is 54.6 Å². The van der Waals surface area contributed by atoms with Gasteiger partial charge in [0.05, 0.1) is 14.2 Å². The Morgan fingerprint density at radius 1 is 1.00 bits per heavy atom. The minimum atomic E-state index is -5.48. The summed E-state index contributed by atoms with van der Waals surface area (Å²) in [5, 5.41) is 0. The second kappa shape index (κ2) is 9.11. The molecule has 0 N–H and O–H groups in total. The lowest BCUT2D eigenvalue weighted by molar-refractivity contribution is -0.0488. The molecule has 0 aliphatic heterocycles. The number of nitrogens with zero attached hydrogens (tertiary/aromatic N) is 1. The lowest BCUT2D eigenvalue weighted by Gasteiger charge is -2.22. The van der Waals surface area contributed by atoms with E-state index in [1.807, 2.05) is 0 Å². The molecular formula is C19H20F3NO4S. The van der Waals surface area contributed by atoms with Gasteiger partial charge in [-0.15, -0.1) is 0 Å². The van der Waals surface area contributed by atoms with Gasteiger partial charge in [0.15, 0.2) is 11.5 Å². The molecule has 2 rings (SSSR count). The van der Waals surface area contributed by atoms with Crippen LogP contribution in [0, 0.1) is 0 Å². The summed E-state index contributed by atoms with van der Waals surface area (Å²) in [5.41, 5.74) is -4.30. The molecule has 0 fully saturated rings. The van der Waals surface area contributed by atoms with E-state index < -0.39 is 22.1 Å². The van der Waals surface area contributed by atoms with Crippen LogP contribution in [0.25, 0.3) is 6.08 Å². The van der Waals surface area contributed by atoms with Crippen molar-refractivity contribution in [2.24, 2.45) is 0 Å². The maximum atomic E-state index is 13.0. The summed E-state index contributed by atoms with van der Waals surface area (Å²) in [4.78, 5) is 0. The lowest BCUT2D eigenvalue weighted by atomic mass is 10.2. The van der Waals surface area contributed by atoms with Gasteiger partial charge >= 0.3 is 15.5 Å². The van der Waals surface area contributed by atoms with E-state index in [0.717, 1.165) is 0 Å². The summed E-state index contributed by atoms with van der Waals surface area (Å²) in [6, 6.07) is 13.1. The molecule has 0 amide bonds. The molecule has 9 heteroatoms. The molecule has 2 aromatic rings. The molecule has 0 unspecified atom stereocenters. The molecule has 152 valence electrons. The smallest absolute Gasteiger partial charge is 0.493 e. The van der Waals surface area contributed by atoms with Crippen LogP contribution in [0.5, 0.6) is 11.5 Å². The van der Waals surface area contributed by atoms with Gasteiger partial charge in [-0.25, -0.2) is 8.42 Å². The number of benzene rings is 2. The van der Waals surface area contributed by atoms with Gasteiger partial charge in [0, 0.05) is 13.1 Å². The third-order valence-electron chi connectivity index (χ3n) is 3.86. The standard InChI is InChI=1S/C19H20F3NO4S/c1-26-17-11-10-15(13-18(17)27-2)9-6-12-23(28(24,25)19(20,21)22)14-16-7-4-3-5-8-16/h3-11,13H,12,14H2,1-2H3. The van der Waals surface area contributed by atoms with Crippen molar-refractivity contribution < 1.29 is 31.1 Å². The minimum Gasteiger partial charge on any atom is -0.493 e. The quantitative estimate of drug-likeness (QED) is 0.652. The largest absolute Gasteiger partial charge is 0.511 e. The van der Waals surface area contributed by atoms with Crippen LogP contribution in [0.4, 0.5) is 13.2 Å². The van der Waals surface area contributed by atoms with Crippen LogP contribution in [0.2, 0.25) is 0 Å². The summed E-state index contributed by atoms with van der Waals surface area (Å²) in [5.74, 6) is 0.957. The van der Waals surface area contributed by atoms with E-state index in [9.17, 15) is 21.6 Å². The first-order valence-electron chi connectivity index (χ1n) is 8.18. The van der Waals surface area contributed by atoms with Crippen LogP contribution in [-0.2, 0) is 16.6 Å². The highest BCUT2D eigenvalue weighted by Crippen LogP contribution is 2.29. The zero-order valence-electron chi connectivity index (χ0n) is 15.3. The van der Waals surface area contributed by atoms with Crippen molar-refractivity contribution >= 4 is 16.1 Å². The number of rotatable bonds is 8. The van der Waals surface area contributed by atoms with E-state index in [4.69, 9.17) is 9.47 Å². The van der Waals surface area contributed by atoms with E-state index in [1.165, 1.54) is 26.4 Å². The highest BCUT2D eigenvalue weighted by Gasteiger charge is 2.49. The van der Waals surface area contributed by atoms with E-state index in [-0.39, 0.29) is 6.54 Å². The third-order valence-corrected chi connectivity index (χ3v) is 5.40. The first-order valence-corrected chi connectivity index (χ1v) is 9.62. The van der Waals surface area contributed by atoms with Crippen molar-refractivity contribution in [3.05, 3.63) is 65.7 Å². The Kier molecular flexibility index (Phi) is 7.09. The maximum Gasteiger partial charge on any atom is 0.511 e. The van der Waals surface area contributed by atoms with E-state index in [2.05, 4.69) is 0 Å². The van der Waals surface area contributed by atoms with Gasteiger partial charge in [-0.2, -0.15) is 17.5 Å². The second-order valence-electron chi connectivity index (χ2n) is 5.75. The Labute approximate surface area is 162 Å². The number of hydrogen-bond donors (Lipinski definition) is 0. The van der Waals surface area contributed by atoms with Gasteiger partial charge in [0.1, 0.15) is 0 Å². The van der Waals surface area contributed by atoms with Gasteiger partial charge in [-0.3, -0.25) is 0 Å². The summed E-state index contributed by atoms with van der Waals surface area (Å²) in [7, 11) is -2.53. The number of hydrogen-bond acceptors (Lipinski definition) is 4. The molecule has 5 nitrogen and oxygen atoms in total. The molecule has 0 aliphatic carbocycles. The predicted molar refractivity (Wildman–Crippen MR) is 100 cm³/mol. The van der Waals surface area contributed by atoms with Gasteiger partial charge in [0.25, 0.3) is 0 Å². The Bertz CT molecular complexity index is 913. The highest BCUT2D eigenvalue weighted by molar-refractivity contribution is 7.89. The van der Waals surface area contributed by atoms with Crippen LogP contribution in [-0.4, -0.2) is 39.0 Å². The molecule has 0 spiro atoms. The van der Waals surface area contributed by atoms with Gasteiger partial charge in [0.2, 0.25) is 0 Å². The molecular weight excluding hydrogens is 395 g/mol. The number of sulfonamides is 1. The Hall–Kier alpha value is -2.52. The SMILES string of the molecule is COc1ccc(C=CCN(Cc2ccccc2)S(=O)(=O)C(F)(F)F)cc1OC. The number of alkyl halides is 3. The number of methoxy groups -OCH3 is 2. The predicted octanol–water partition coefficient (Wildman–Crippen LogP) is 4.07. The van der Waals surface area contributed by atoms with Gasteiger partial charge in [-0.1, -0.05) is 48.6 Å². The molecule has 28 heavy (non-hydrogen) atoms. The zero-order chi connectivity index (χ0) is 20.8. The third kappa shape index (κ3) is 5.26. The molecule has 0 aliphatic rings. The fraction of sp³-hybridized carbons (Fsp3) is 0.263. The monoisotopic (exact) mass is 415 g/mol. The van der Waals surface area contributed by atoms with Crippen molar-refractivity contribution in [1.29, 1.82) is 0 Å². The fourth-order valence-electron chi connectivity index (χ4n) is 2.44. The van der Waals surface area contributed by atoms with Crippen LogP contribution in [0.1, 0.15) is 11.1 Å². The van der Waals surface area contributed by atoms with Crippen molar-refractivity contribution in [2.75, 3.05) is 20.8 Å². The Morgan fingerprint density at radius 3 is 2.21 bits per heavy atom. The van der Waals surface area contributed by atoms with E-state index in [0.29, 0.717) is 26.9 Å². The molecule has 0 heterocycles. The van der Waals surface area contributed by atoms with Crippen LogP contribution in [0.3, 0.4) is 0 Å². The lowest BCUT2D eigenvalue weighted by Crippen LogP contribution is -2.40. The number of ether oxygens (including phenoxy) is 2. The van der Waals surface area contributed by atoms with E-state index in [1.54, 1.807) is 48.5 Å². The maximum absolute atomic E-state index is 13.0. The Morgan fingerprint density at radius 2 is 1.64 bits per heavy atom. The molecule has 0 bridgehead atoms. The summed E-state index contributed by atoms with van der Waals surface area (Å²) >= 11 is 0. The Balaban J connectivity index is 2.24. The van der Waals surface area contributed by atoms with Gasteiger partial charge < -0.3 is 9.47 Å². The van der Waals surface area contributed by atoms with Crippen LogP contribution < -0.4 is 9.47 Å². The molecule has 0 saturated carbocycles. The number of halogens is 3. The summed E-state index contributed by atoms with van der Waals surface area (Å²) in [6.45, 7) is -0.829. The van der Waals surface area contributed by atoms with Crippen molar-refractivity contribution in [3.8, 4) is 11.5 Å². The summed E-state index contributed by atoms with van der Waals surface area (Å²) in [6.07, 6.45) is 2.87. The first kappa shape index (κ1) is 21.8. The molecule has 2 aromatic carbocycles. The molecule has 0 radical (unpaired) electrons. The average Bonchev–Trinajstić information content (AvgIpc) is 2.66. The highest BCUT2D eigenvalue weighted by atomic mass is 32.2. The van der Waals surface area contributed by atoms with Crippen molar-refractivity contribution in [1.82, 2.24) is 4.31 Å². The second-order valence-corrected chi connectivity index (χ2v) is 7.68. The molecule has 0 atom stereocenters. The minimum absolute atomic E-state index is 0.388. The molecule has 0 aromatic heterocycles. The van der Waals surface area contributed by atoms with Crippen molar-refractivity contribution in [2.45, 2.75) is 12.1 Å².